The fraction of sp³-hybridized carbons (Fsp3) is 0.381. The third kappa shape index (κ3) is 4.80. The summed E-state index contributed by atoms with van der Waals surface area (Å²) in [6, 6.07) is 5.99. The van der Waals surface area contributed by atoms with E-state index in [0.29, 0.717) is 27.4 Å². The lowest BCUT2D eigenvalue weighted by Gasteiger charge is -2.27. The normalized spacial score (nSPS) is 13.2. The Balaban J connectivity index is 1.69. The van der Waals surface area contributed by atoms with Gasteiger partial charge in [0.2, 0.25) is 5.91 Å². The molecule has 0 saturated carbocycles. The molecular formula is C21H24N4O4S2. The van der Waals surface area contributed by atoms with Crippen molar-refractivity contribution in [2.45, 2.75) is 44.7 Å². The van der Waals surface area contributed by atoms with Crippen LogP contribution in [0.4, 0.5) is 5.69 Å². The molecule has 1 aromatic carbocycles. The number of nitro benzene ring substituents is 1. The van der Waals surface area contributed by atoms with Gasteiger partial charge in [0.25, 0.3) is 11.2 Å². The smallest absolute Gasteiger partial charge is 0.269 e. The van der Waals surface area contributed by atoms with Gasteiger partial charge in [0, 0.05) is 24.1 Å². The van der Waals surface area contributed by atoms with Crippen molar-refractivity contribution in [2.24, 2.45) is 0 Å². The summed E-state index contributed by atoms with van der Waals surface area (Å²) >= 11 is 2.88. The van der Waals surface area contributed by atoms with Gasteiger partial charge < -0.3 is 9.88 Å². The Morgan fingerprint density at radius 1 is 1.35 bits per heavy atom. The highest BCUT2D eigenvalue weighted by molar-refractivity contribution is 7.99. The van der Waals surface area contributed by atoms with Crippen LogP contribution in [0.3, 0.4) is 0 Å². The molecule has 0 bridgehead atoms. The lowest BCUT2D eigenvalue weighted by atomic mass is 10.1. The predicted molar refractivity (Wildman–Crippen MR) is 125 cm³/mol. The first-order chi connectivity index (χ1) is 14.6. The molecule has 0 aliphatic heterocycles. The zero-order valence-electron chi connectivity index (χ0n) is 18.0. The van der Waals surface area contributed by atoms with E-state index < -0.39 is 4.92 Å². The first-order valence-electron chi connectivity index (χ1n) is 9.71. The number of aryl methyl sites for hydroxylation is 2. The highest BCUT2D eigenvalue weighted by Gasteiger charge is 2.24. The summed E-state index contributed by atoms with van der Waals surface area (Å²) in [6.45, 7) is 7.52. The van der Waals surface area contributed by atoms with Gasteiger partial charge in [0.15, 0.2) is 0 Å². The van der Waals surface area contributed by atoms with Gasteiger partial charge in [-0.3, -0.25) is 19.7 Å². The van der Waals surface area contributed by atoms with Crippen LogP contribution in [-0.4, -0.2) is 38.0 Å². The Bertz CT molecular complexity index is 1200. The van der Waals surface area contributed by atoms with E-state index in [4.69, 9.17) is 0 Å². The zero-order valence-corrected chi connectivity index (χ0v) is 19.6. The molecule has 10 heteroatoms. The summed E-state index contributed by atoms with van der Waals surface area (Å²) < 4.78 is 0. The van der Waals surface area contributed by atoms with Crippen molar-refractivity contribution in [2.75, 3.05) is 7.05 Å². The number of nitro groups is 1. The number of nitrogens with zero attached hydrogens (tertiary/aromatic N) is 3. The van der Waals surface area contributed by atoms with Crippen LogP contribution in [0.5, 0.6) is 0 Å². The molecule has 0 aliphatic carbocycles. The van der Waals surface area contributed by atoms with Gasteiger partial charge >= 0.3 is 0 Å². The number of nitrogens with one attached hydrogen (secondary N) is 1. The van der Waals surface area contributed by atoms with Gasteiger partial charge in [0.05, 0.1) is 27.4 Å². The van der Waals surface area contributed by atoms with Crippen molar-refractivity contribution in [1.29, 1.82) is 0 Å². The Morgan fingerprint density at radius 2 is 2.06 bits per heavy atom. The molecule has 1 N–H and O–H groups in total. The van der Waals surface area contributed by atoms with Crippen molar-refractivity contribution in [3.63, 3.8) is 0 Å². The number of carbonyl (C=O) groups excluding carboxylic acids is 1. The van der Waals surface area contributed by atoms with Gasteiger partial charge in [-0.05, 0) is 38.8 Å². The van der Waals surface area contributed by atoms with Gasteiger partial charge in [-0.1, -0.05) is 12.1 Å². The van der Waals surface area contributed by atoms with Crippen LogP contribution in [-0.2, 0) is 10.5 Å². The summed E-state index contributed by atoms with van der Waals surface area (Å²) in [7, 11) is 1.69. The quantitative estimate of drug-likeness (QED) is 0.415. The maximum absolute atomic E-state index is 12.9. The minimum Gasteiger partial charge on any atom is -0.338 e. The van der Waals surface area contributed by atoms with Crippen LogP contribution < -0.4 is 5.56 Å². The Labute approximate surface area is 187 Å². The van der Waals surface area contributed by atoms with Crippen LogP contribution in [0.15, 0.2) is 29.1 Å². The lowest BCUT2D eigenvalue weighted by Crippen LogP contribution is -2.35. The number of hydrogen-bond donors (Lipinski definition) is 1. The number of benzene rings is 1. The molecule has 0 radical (unpaired) electrons. The van der Waals surface area contributed by atoms with Crippen LogP contribution in [0, 0.1) is 24.0 Å². The van der Waals surface area contributed by atoms with Crippen LogP contribution >= 0.6 is 23.1 Å². The third-order valence-electron chi connectivity index (χ3n) is 5.40. The highest BCUT2D eigenvalue weighted by atomic mass is 32.2. The second kappa shape index (κ2) is 9.19. The fourth-order valence-corrected chi connectivity index (χ4v) is 5.14. The topological polar surface area (TPSA) is 109 Å². The molecule has 164 valence electrons. The molecule has 0 spiro atoms. The second-order valence-corrected chi connectivity index (χ2v) is 9.94. The summed E-state index contributed by atoms with van der Waals surface area (Å²) in [5, 5.41) is 11.3. The van der Waals surface area contributed by atoms with Gasteiger partial charge in [0.1, 0.15) is 10.7 Å². The number of amides is 1. The number of aromatic amines is 1. The second-order valence-electron chi connectivity index (χ2n) is 7.41. The minimum atomic E-state index is -0.447. The van der Waals surface area contributed by atoms with E-state index >= 15 is 0 Å². The molecule has 2 heterocycles. The van der Waals surface area contributed by atoms with E-state index in [0.717, 1.165) is 10.4 Å². The summed E-state index contributed by atoms with van der Waals surface area (Å²) in [4.78, 5) is 46.7. The van der Waals surface area contributed by atoms with E-state index in [2.05, 4.69) is 9.97 Å². The first kappa shape index (κ1) is 23.0. The number of carbonyl (C=O) groups is 1. The van der Waals surface area contributed by atoms with Crippen LogP contribution in [0.1, 0.15) is 41.7 Å². The largest absolute Gasteiger partial charge is 0.338 e. The molecule has 3 aromatic rings. The van der Waals surface area contributed by atoms with Crippen molar-refractivity contribution < 1.29 is 9.72 Å². The number of hydrogen-bond acceptors (Lipinski definition) is 7. The van der Waals surface area contributed by atoms with E-state index in [1.807, 2.05) is 20.8 Å². The monoisotopic (exact) mass is 460 g/mol. The van der Waals surface area contributed by atoms with Gasteiger partial charge in [-0.15, -0.1) is 23.1 Å². The summed E-state index contributed by atoms with van der Waals surface area (Å²) in [6.07, 6.45) is 0. The zero-order chi connectivity index (χ0) is 22.9. The van der Waals surface area contributed by atoms with E-state index in [9.17, 15) is 19.7 Å². The van der Waals surface area contributed by atoms with Gasteiger partial charge in [-0.2, -0.15) is 0 Å². The number of non-ortho nitro benzene ring substituents is 1. The van der Waals surface area contributed by atoms with Crippen molar-refractivity contribution >= 4 is 44.9 Å². The van der Waals surface area contributed by atoms with Crippen molar-refractivity contribution in [3.05, 3.63) is 66.6 Å². The minimum absolute atomic E-state index is 0.00269. The van der Waals surface area contributed by atoms with Crippen molar-refractivity contribution in [1.82, 2.24) is 14.9 Å². The van der Waals surface area contributed by atoms with Gasteiger partial charge in [-0.25, -0.2) is 4.98 Å². The molecule has 2 unspecified atom stereocenters. The average molecular weight is 461 g/mol. The third-order valence-corrected chi connectivity index (χ3v) is 7.64. The average Bonchev–Trinajstić information content (AvgIpc) is 3.04. The molecule has 8 nitrogen and oxygen atoms in total. The number of fused-ring (bicyclic) bond motifs is 1. The molecule has 0 saturated heterocycles. The highest BCUT2D eigenvalue weighted by Crippen LogP contribution is 2.28. The molecule has 31 heavy (non-hydrogen) atoms. The molecule has 0 aliphatic rings. The number of H-pyrrole nitrogens is 1. The Hall–Kier alpha value is -2.72. The van der Waals surface area contributed by atoms with Crippen LogP contribution in [0.2, 0.25) is 0 Å². The van der Waals surface area contributed by atoms with Crippen molar-refractivity contribution in [3.8, 4) is 0 Å². The molecular weight excluding hydrogens is 436 g/mol. The summed E-state index contributed by atoms with van der Waals surface area (Å²) in [5.74, 6) is 0.834. The molecule has 0 fully saturated rings. The fourth-order valence-electron chi connectivity index (χ4n) is 3.24. The first-order valence-corrected chi connectivity index (χ1v) is 11.6. The van der Waals surface area contributed by atoms with Crippen LogP contribution in [0.25, 0.3) is 10.2 Å². The molecule has 2 atom stereocenters. The molecule has 2 aromatic heterocycles. The maximum atomic E-state index is 12.9. The SMILES string of the molecule is Cc1sc2nc(CSC(C)C(=O)N(C)C(C)c3cccc([N+](=O)[O-])c3)[nH]c(=O)c2c1C. The maximum Gasteiger partial charge on any atom is 0.269 e. The van der Waals surface area contributed by atoms with E-state index in [-0.39, 0.29) is 28.4 Å². The summed E-state index contributed by atoms with van der Waals surface area (Å²) in [5.41, 5.74) is 1.49. The number of rotatable bonds is 7. The lowest BCUT2D eigenvalue weighted by molar-refractivity contribution is -0.384. The molecule has 1 amide bonds. The predicted octanol–water partition coefficient (Wildman–Crippen LogP) is 4.35. The standard InChI is InChI=1S/C21H24N4O4S2/c1-11-13(3)31-20-18(11)19(26)22-17(23-20)10-30-14(4)21(27)24(5)12(2)15-7-6-8-16(9-15)25(28)29/h6-9,12,14H,10H2,1-5H3,(H,22,23,26). The molecule has 3 rings (SSSR count). The van der Waals surface area contributed by atoms with E-state index in [1.165, 1.54) is 35.2 Å². The number of thioether (sulfide) groups is 1. The van der Waals surface area contributed by atoms with E-state index in [1.54, 1.807) is 31.0 Å². The Kier molecular flexibility index (Phi) is 6.80. The Morgan fingerprint density at radius 3 is 2.74 bits per heavy atom. The number of aromatic nitrogens is 2. The number of thiophene rings is 1.